The average Bonchev–Trinajstić information content (AvgIpc) is 2.93. The van der Waals surface area contributed by atoms with Crippen LogP contribution >= 0.6 is 11.6 Å². The molecule has 3 N–H and O–H groups in total. The Balaban J connectivity index is 1.73. The van der Waals surface area contributed by atoms with Gasteiger partial charge in [-0.2, -0.15) is 4.98 Å². The molecule has 8 nitrogen and oxygen atoms in total. The topological polar surface area (TPSA) is 95.3 Å². The average molecular weight is 471 g/mol. The Morgan fingerprint density at radius 2 is 1.94 bits per heavy atom. The van der Waals surface area contributed by atoms with Crippen molar-refractivity contribution < 1.29 is 9.90 Å². The molecule has 0 saturated carbocycles. The molecule has 3 heterocycles. The molecule has 1 saturated heterocycles. The van der Waals surface area contributed by atoms with Crippen molar-refractivity contribution >= 4 is 40.2 Å². The summed E-state index contributed by atoms with van der Waals surface area (Å²) in [5.74, 6) is 1.30. The van der Waals surface area contributed by atoms with Gasteiger partial charge in [-0.1, -0.05) is 23.7 Å². The first-order valence-corrected chi connectivity index (χ1v) is 11.7. The molecule has 176 valence electrons. The lowest BCUT2D eigenvalue weighted by molar-refractivity contribution is -0.120. The van der Waals surface area contributed by atoms with Crippen LogP contribution in [0.25, 0.3) is 10.9 Å². The highest BCUT2D eigenvalue weighted by Crippen LogP contribution is 2.35. The van der Waals surface area contributed by atoms with Gasteiger partial charge in [0.05, 0.1) is 5.39 Å². The third-order valence-electron chi connectivity index (χ3n) is 5.83. The fourth-order valence-electron chi connectivity index (χ4n) is 4.15. The van der Waals surface area contributed by atoms with E-state index in [9.17, 15) is 9.90 Å². The van der Waals surface area contributed by atoms with E-state index in [0.717, 1.165) is 17.4 Å². The van der Waals surface area contributed by atoms with Gasteiger partial charge in [-0.15, -0.1) is 0 Å². The summed E-state index contributed by atoms with van der Waals surface area (Å²) in [5.41, 5.74) is 1.32. The molecule has 0 radical (unpaired) electrons. The Labute approximate surface area is 199 Å². The van der Waals surface area contributed by atoms with Gasteiger partial charge in [-0.3, -0.25) is 4.79 Å². The molecule has 0 aliphatic carbocycles. The maximum Gasteiger partial charge on any atom is 0.228 e. The number of nitrogens with one attached hydrogen (secondary N) is 2. The lowest BCUT2D eigenvalue weighted by Crippen LogP contribution is -2.35. The van der Waals surface area contributed by atoms with Gasteiger partial charge < -0.3 is 25.2 Å². The molecule has 1 aliphatic rings. The van der Waals surface area contributed by atoms with Crippen LogP contribution in [0, 0.1) is 0 Å². The number of rotatable bonds is 6. The predicted molar refractivity (Wildman–Crippen MR) is 132 cm³/mol. The highest BCUT2D eigenvalue weighted by molar-refractivity contribution is 6.30. The second-order valence-electron chi connectivity index (χ2n) is 9.49. The van der Waals surface area contributed by atoms with E-state index in [4.69, 9.17) is 21.6 Å². The lowest BCUT2D eigenvalue weighted by Gasteiger charge is -2.28. The summed E-state index contributed by atoms with van der Waals surface area (Å²) in [6.45, 7) is 9.91. The van der Waals surface area contributed by atoms with Crippen LogP contribution < -0.4 is 15.5 Å². The normalized spacial score (nSPS) is 15.1. The van der Waals surface area contributed by atoms with Crippen molar-refractivity contribution in [2.75, 3.05) is 29.9 Å². The molecule has 1 fully saturated rings. The fraction of sp³-hybridized carbons (Fsp3) is 0.458. The summed E-state index contributed by atoms with van der Waals surface area (Å²) in [6.07, 6.45) is 3.03. The van der Waals surface area contributed by atoms with Gasteiger partial charge in [0.1, 0.15) is 11.3 Å². The maximum absolute atomic E-state index is 11.8. The van der Waals surface area contributed by atoms with Crippen molar-refractivity contribution in [3.63, 3.8) is 0 Å². The van der Waals surface area contributed by atoms with E-state index in [-0.39, 0.29) is 23.4 Å². The first kappa shape index (κ1) is 23.2. The molecule has 0 unspecified atom stereocenters. The Morgan fingerprint density at radius 3 is 2.64 bits per heavy atom. The summed E-state index contributed by atoms with van der Waals surface area (Å²) in [5, 5.41) is 18.9. The Hall–Kier alpha value is -3.00. The molecule has 4 rings (SSSR count). The standard InChI is InChI=1S/C24H31ClN6O2/c1-15(2)31-14-18-20(22(31)33)27-23(30-11-9-19(32)26-10-12-30)28-21(18)29-24(3,4)13-16-5-7-17(25)8-6-16/h5-8,14-15,33H,9-13H2,1-4H3,(H,26,32)(H,27,28,29). The van der Waals surface area contributed by atoms with E-state index in [1.165, 1.54) is 0 Å². The lowest BCUT2D eigenvalue weighted by atomic mass is 9.95. The van der Waals surface area contributed by atoms with Crippen LogP contribution in [0.2, 0.25) is 5.02 Å². The van der Waals surface area contributed by atoms with Gasteiger partial charge in [0.15, 0.2) is 0 Å². The zero-order valence-electron chi connectivity index (χ0n) is 19.5. The second kappa shape index (κ2) is 9.09. The first-order valence-electron chi connectivity index (χ1n) is 11.3. The summed E-state index contributed by atoms with van der Waals surface area (Å²) < 4.78 is 1.80. The number of fused-ring (bicyclic) bond motifs is 1. The van der Waals surface area contributed by atoms with E-state index in [2.05, 4.69) is 24.5 Å². The van der Waals surface area contributed by atoms with Crippen molar-refractivity contribution in [2.24, 2.45) is 0 Å². The Kier molecular flexibility index (Phi) is 6.38. The molecule has 9 heteroatoms. The van der Waals surface area contributed by atoms with E-state index in [0.29, 0.717) is 48.4 Å². The largest absolute Gasteiger partial charge is 0.493 e. The van der Waals surface area contributed by atoms with Crippen LogP contribution in [0.4, 0.5) is 11.8 Å². The number of hydrogen-bond acceptors (Lipinski definition) is 6. The number of anilines is 2. The van der Waals surface area contributed by atoms with Gasteiger partial charge in [-0.25, -0.2) is 4.98 Å². The molecular weight excluding hydrogens is 440 g/mol. The quantitative estimate of drug-likeness (QED) is 0.501. The van der Waals surface area contributed by atoms with Gasteiger partial charge in [-0.05, 0) is 51.8 Å². The van der Waals surface area contributed by atoms with Crippen LogP contribution in [0.3, 0.4) is 0 Å². The molecule has 1 aliphatic heterocycles. The fourth-order valence-corrected chi connectivity index (χ4v) is 4.27. The smallest absolute Gasteiger partial charge is 0.228 e. The number of carbonyl (C=O) groups is 1. The SMILES string of the molecule is CC(C)n1cc2c(NC(C)(C)Cc3ccc(Cl)cc3)nc(N3CCNC(=O)CC3)nc2c1O. The Bertz CT molecular complexity index is 1160. The van der Waals surface area contributed by atoms with Crippen molar-refractivity contribution in [3.8, 4) is 5.88 Å². The third kappa shape index (κ3) is 5.16. The van der Waals surface area contributed by atoms with E-state index in [1.807, 2.05) is 49.2 Å². The van der Waals surface area contributed by atoms with Crippen molar-refractivity contribution in [3.05, 3.63) is 41.0 Å². The highest BCUT2D eigenvalue weighted by Gasteiger charge is 2.25. The highest BCUT2D eigenvalue weighted by atomic mass is 35.5. The number of nitrogens with zero attached hydrogens (tertiary/aromatic N) is 4. The molecule has 1 aromatic carbocycles. The van der Waals surface area contributed by atoms with E-state index >= 15 is 0 Å². The van der Waals surface area contributed by atoms with Gasteiger partial charge in [0, 0.05) is 48.9 Å². The number of aromatic nitrogens is 3. The maximum atomic E-state index is 11.8. The molecule has 1 amide bonds. The summed E-state index contributed by atoms with van der Waals surface area (Å²) in [6, 6.07) is 7.90. The van der Waals surface area contributed by atoms with Crippen LogP contribution in [-0.4, -0.2) is 50.7 Å². The van der Waals surface area contributed by atoms with Crippen LogP contribution in [-0.2, 0) is 11.2 Å². The van der Waals surface area contributed by atoms with Gasteiger partial charge >= 0.3 is 0 Å². The minimum absolute atomic E-state index is 0.0230. The minimum atomic E-state index is -0.335. The summed E-state index contributed by atoms with van der Waals surface area (Å²) in [7, 11) is 0. The van der Waals surface area contributed by atoms with Gasteiger partial charge in [0.25, 0.3) is 0 Å². The van der Waals surface area contributed by atoms with E-state index < -0.39 is 0 Å². The third-order valence-corrected chi connectivity index (χ3v) is 6.08. The number of benzene rings is 1. The number of amides is 1. The first-order chi connectivity index (χ1) is 15.6. The van der Waals surface area contributed by atoms with Crippen LogP contribution in [0.1, 0.15) is 45.7 Å². The van der Waals surface area contributed by atoms with Gasteiger partial charge in [0.2, 0.25) is 17.7 Å². The zero-order chi connectivity index (χ0) is 23.8. The second-order valence-corrected chi connectivity index (χ2v) is 9.92. The molecule has 0 spiro atoms. The molecule has 3 aromatic rings. The number of hydrogen-bond donors (Lipinski definition) is 3. The monoisotopic (exact) mass is 470 g/mol. The molecule has 33 heavy (non-hydrogen) atoms. The minimum Gasteiger partial charge on any atom is -0.493 e. The van der Waals surface area contributed by atoms with E-state index in [1.54, 1.807) is 4.57 Å². The number of halogens is 1. The van der Waals surface area contributed by atoms with Crippen LogP contribution in [0.15, 0.2) is 30.5 Å². The molecule has 2 aromatic heterocycles. The summed E-state index contributed by atoms with van der Waals surface area (Å²) >= 11 is 6.04. The molecular formula is C24H31ClN6O2. The number of aromatic hydroxyl groups is 1. The Morgan fingerprint density at radius 1 is 1.21 bits per heavy atom. The van der Waals surface area contributed by atoms with Crippen molar-refractivity contribution in [2.45, 2.75) is 52.1 Å². The van der Waals surface area contributed by atoms with Crippen molar-refractivity contribution in [1.29, 1.82) is 0 Å². The zero-order valence-corrected chi connectivity index (χ0v) is 20.3. The van der Waals surface area contributed by atoms with Crippen molar-refractivity contribution in [1.82, 2.24) is 19.9 Å². The predicted octanol–water partition coefficient (Wildman–Crippen LogP) is 4.13. The number of carbonyl (C=O) groups excluding carboxylic acids is 1. The van der Waals surface area contributed by atoms with Crippen LogP contribution in [0.5, 0.6) is 5.88 Å². The molecule has 0 atom stereocenters. The summed E-state index contributed by atoms with van der Waals surface area (Å²) in [4.78, 5) is 23.4. The molecule has 0 bridgehead atoms.